The standard InChI is InChI=1S/C40H81NO4/c1-3-5-7-9-11-13-15-17-19-21-22-24-26-28-30-32-34-38(43)40(45)37(36-42)41-39(44)35-33-31-29-27-25-23-20-18-16-14-12-10-8-6-4-2/h37-38,40,42-43,45H,3-36H2,1-2H3,(H,41,44)/t37-,38+,40-/m0/s1. The molecule has 0 rings (SSSR count). The Labute approximate surface area is 281 Å². The van der Waals surface area contributed by atoms with Crippen molar-refractivity contribution >= 4 is 5.91 Å². The van der Waals surface area contributed by atoms with E-state index >= 15 is 0 Å². The summed E-state index contributed by atoms with van der Waals surface area (Å²) in [4.78, 5) is 12.4. The van der Waals surface area contributed by atoms with E-state index in [2.05, 4.69) is 19.2 Å². The Morgan fingerprint density at radius 3 is 1.07 bits per heavy atom. The fourth-order valence-electron chi connectivity index (χ4n) is 6.52. The zero-order valence-corrected chi connectivity index (χ0v) is 30.5. The van der Waals surface area contributed by atoms with Gasteiger partial charge in [0.25, 0.3) is 0 Å². The third kappa shape index (κ3) is 31.7. The largest absolute Gasteiger partial charge is 0.394 e. The number of amides is 1. The minimum atomic E-state index is -1.13. The number of hydrogen-bond donors (Lipinski definition) is 4. The van der Waals surface area contributed by atoms with E-state index in [9.17, 15) is 20.1 Å². The molecule has 0 aromatic carbocycles. The third-order valence-corrected chi connectivity index (χ3v) is 9.71. The topological polar surface area (TPSA) is 89.8 Å². The summed E-state index contributed by atoms with van der Waals surface area (Å²) in [5.41, 5.74) is 0. The molecule has 1 amide bonds. The molecule has 3 atom stereocenters. The van der Waals surface area contributed by atoms with Gasteiger partial charge in [-0.3, -0.25) is 4.79 Å². The summed E-state index contributed by atoms with van der Waals surface area (Å²) in [7, 11) is 0. The lowest BCUT2D eigenvalue weighted by Crippen LogP contribution is -2.50. The van der Waals surface area contributed by atoms with Crippen molar-refractivity contribution < 1.29 is 20.1 Å². The van der Waals surface area contributed by atoms with Crippen LogP contribution in [0.3, 0.4) is 0 Å². The molecule has 0 heterocycles. The molecule has 45 heavy (non-hydrogen) atoms. The van der Waals surface area contributed by atoms with Gasteiger partial charge >= 0.3 is 0 Å². The first-order chi connectivity index (χ1) is 22.1. The quantitative estimate of drug-likeness (QED) is 0.0509. The maximum Gasteiger partial charge on any atom is 0.220 e. The number of nitrogens with one attached hydrogen (secondary N) is 1. The summed E-state index contributed by atoms with van der Waals surface area (Å²) >= 11 is 0. The van der Waals surface area contributed by atoms with Crippen LogP contribution in [-0.2, 0) is 4.79 Å². The van der Waals surface area contributed by atoms with Crippen molar-refractivity contribution in [1.82, 2.24) is 5.32 Å². The number of aliphatic hydroxyl groups is 3. The summed E-state index contributed by atoms with van der Waals surface area (Å²) in [6, 6.07) is -0.801. The number of aliphatic hydroxyl groups excluding tert-OH is 3. The van der Waals surface area contributed by atoms with Crippen LogP contribution in [0.5, 0.6) is 0 Å². The fourth-order valence-corrected chi connectivity index (χ4v) is 6.52. The number of rotatable bonds is 37. The Hall–Kier alpha value is -0.650. The molecule has 0 saturated carbocycles. The highest BCUT2D eigenvalue weighted by molar-refractivity contribution is 5.76. The van der Waals surface area contributed by atoms with Crippen molar-refractivity contribution in [2.75, 3.05) is 6.61 Å². The lowest BCUT2D eigenvalue weighted by atomic mass is 9.99. The Balaban J connectivity index is 3.62. The normalized spacial score (nSPS) is 13.6. The molecule has 5 nitrogen and oxygen atoms in total. The molecule has 5 heteroatoms. The Bertz CT molecular complexity index is 587. The van der Waals surface area contributed by atoms with E-state index in [4.69, 9.17) is 0 Å². The van der Waals surface area contributed by atoms with Crippen LogP contribution in [0, 0.1) is 0 Å². The monoisotopic (exact) mass is 640 g/mol. The lowest BCUT2D eigenvalue weighted by molar-refractivity contribution is -0.124. The van der Waals surface area contributed by atoms with Gasteiger partial charge in [-0.25, -0.2) is 0 Å². The molecule has 4 N–H and O–H groups in total. The molecule has 0 fully saturated rings. The van der Waals surface area contributed by atoms with E-state index in [0.29, 0.717) is 12.8 Å². The summed E-state index contributed by atoms with van der Waals surface area (Å²) in [5, 5.41) is 33.5. The van der Waals surface area contributed by atoms with Gasteiger partial charge in [-0.2, -0.15) is 0 Å². The van der Waals surface area contributed by atoms with Crippen molar-refractivity contribution in [3.63, 3.8) is 0 Å². The molecule has 270 valence electrons. The zero-order valence-electron chi connectivity index (χ0n) is 30.5. The third-order valence-electron chi connectivity index (χ3n) is 9.71. The first kappa shape index (κ1) is 44.4. The molecule has 0 aliphatic rings. The Kier molecular flexibility index (Phi) is 35.7. The maximum atomic E-state index is 12.4. The zero-order chi connectivity index (χ0) is 33.1. The number of unbranched alkanes of at least 4 members (excludes halogenated alkanes) is 29. The van der Waals surface area contributed by atoms with Crippen LogP contribution in [0.2, 0.25) is 0 Å². The average molecular weight is 640 g/mol. The molecule has 0 spiro atoms. The molecule has 0 unspecified atom stereocenters. The van der Waals surface area contributed by atoms with Gasteiger partial charge < -0.3 is 20.6 Å². The van der Waals surface area contributed by atoms with Gasteiger partial charge in [0, 0.05) is 6.42 Å². The minimum absolute atomic E-state index is 0.141. The van der Waals surface area contributed by atoms with Crippen LogP contribution in [-0.4, -0.2) is 46.1 Å². The summed E-state index contributed by atoms with van der Waals surface area (Å²) in [6.45, 7) is 4.19. The highest BCUT2D eigenvalue weighted by Gasteiger charge is 2.26. The van der Waals surface area contributed by atoms with E-state index in [1.807, 2.05) is 0 Å². The van der Waals surface area contributed by atoms with Crippen molar-refractivity contribution in [1.29, 1.82) is 0 Å². The van der Waals surface area contributed by atoms with E-state index in [0.717, 1.165) is 32.1 Å². The smallest absolute Gasteiger partial charge is 0.220 e. The summed E-state index contributed by atoms with van der Waals surface area (Å²) in [5.74, 6) is -0.141. The molecule has 0 radical (unpaired) electrons. The first-order valence-corrected chi connectivity index (χ1v) is 20.3. The summed E-state index contributed by atoms with van der Waals surface area (Å²) < 4.78 is 0. The average Bonchev–Trinajstić information content (AvgIpc) is 3.04. The molecular weight excluding hydrogens is 558 g/mol. The highest BCUT2D eigenvalue weighted by Crippen LogP contribution is 2.17. The Morgan fingerprint density at radius 2 is 0.756 bits per heavy atom. The van der Waals surface area contributed by atoms with Gasteiger partial charge in [-0.15, -0.1) is 0 Å². The number of hydrogen-bond acceptors (Lipinski definition) is 4. The van der Waals surface area contributed by atoms with Gasteiger partial charge in [0.2, 0.25) is 5.91 Å². The van der Waals surface area contributed by atoms with Gasteiger partial charge in [-0.1, -0.05) is 206 Å². The van der Waals surface area contributed by atoms with Gasteiger partial charge in [0.1, 0.15) is 6.10 Å². The van der Waals surface area contributed by atoms with Crippen molar-refractivity contribution in [2.45, 2.75) is 244 Å². The molecule has 0 aliphatic heterocycles. The Morgan fingerprint density at radius 1 is 0.467 bits per heavy atom. The SMILES string of the molecule is CCCCCCCCCCCCCCCCCC[C@@H](O)[C@@H](O)[C@H](CO)NC(=O)CCCCCCCCCCCCCCCCC. The van der Waals surface area contributed by atoms with Crippen molar-refractivity contribution in [3.8, 4) is 0 Å². The van der Waals surface area contributed by atoms with Crippen LogP contribution in [0.4, 0.5) is 0 Å². The maximum absolute atomic E-state index is 12.4. The fraction of sp³-hybridized carbons (Fsp3) is 0.975. The van der Waals surface area contributed by atoms with Gasteiger partial charge in [-0.05, 0) is 12.8 Å². The molecule has 0 bridgehead atoms. The van der Waals surface area contributed by atoms with Crippen molar-refractivity contribution in [2.24, 2.45) is 0 Å². The van der Waals surface area contributed by atoms with Crippen LogP contribution in [0.25, 0.3) is 0 Å². The van der Waals surface area contributed by atoms with Crippen LogP contribution in [0.1, 0.15) is 226 Å². The van der Waals surface area contributed by atoms with Gasteiger partial charge in [0.05, 0.1) is 18.8 Å². The second kappa shape index (κ2) is 36.2. The van der Waals surface area contributed by atoms with E-state index in [1.165, 1.54) is 167 Å². The number of carbonyl (C=O) groups is 1. The first-order valence-electron chi connectivity index (χ1n) is 20.3. The number of carbonyl (C=O) groups excluding carboxylic acids is 1. The molecule has 0 saturated heterocycles. The van der Waals surface area contributed by atoms with E-state index in [1.54, 1.807) is 0 Å². The molecule has 0 aromatic rings. The predicted molar refractivity (Wildman–Crippen MR) is 195 cm³/mol. The lowest BCUT2D eigenvalue weighted by Gasteiger charge is -2.26. The van der Waals surface area contributed by atoms with E-state index < -0.39 is 18.2 Å². The molecule has 0 aromatic heterocycles. The minimum Gasteiger partial charge on any atom is -0.394 e. The van der Waals surface area contributed by atoms with Gasteiger partial charge in [0.15, 0.2) is 0 Å². The molecule has 0 aliphatic carbocycles. The second-order valence-corrected chi connectivity index (χ2v) is 14.2. The predicted octanol–water partition coefficient (Wildman–Crippen LogP) is 11.1. The molecular formula is C40H81NO4. The van der Waals surface area contributed by atoms with Crippen LogP contribution < -0.4 is 5.32 Å². The van der Waals surface area contributed by atoms with Crippen LogP contribution >= 0.6 is 0 Å². The van der Waals surface area contributed by atoms with Crippen LogP contribution in [0.15, 0.2) is 0 Å². The highest BCUT2D eigenvalue weighted by atomic mass is 16.3. The van der Waals surface area contributed by atoms with E-state index in [-0.39, 0.29) is 12.5 Å². The summed E-state index contributed by atoms with van der Waals surface area (Å²) in [6.07, 6.45) is 39.1. The second-order valence-electron chi connectivity index (χ2n) is 14.2. The van der Waals surface area contributed by atoms with Crippen molar-refractivity contribution in [3.05, 3.63) is 0 Å².